The van der Waals surface area contributed by atoms with Crippen molar-refractivity contribution in [3.8, 4) is 0 Å². The van der Waals surface area contributed by atoms with Gasteiger partial charge in [0.25, 0.3) is 0 Å². The summed E-state index contributed by atoms with van der Waals surface area (Å²) in [6, 6.07) is -0.907. The predicted molar refractivity (Wildman–Crippen MR) is 100 cm³/mol. The Morgan fingerprint density at radius 1 is 1.48 bits per heavy atom. The molecule has 0 aliphatic heterocycles. The molecule has 1 aromatic rings. The Bertz CT molecular complexity index is 522. The number of alkyl halides is 1. The van der Waals surface area contributed by atoms with Gasteiger partial charge in [-0.25, -0.2) is 14.6 Å². The zero-order valence-corrected chi connectivity index (χ0v) is 16.9. The van der Waals surface area contributed by atoms with E-state index in [4.69, 9.17) is 4.74 Å². The van der Waals surface area contributed by atoms with Crippen molar-refractivity contribution in [3.05, 3.63) is 16.1 Å². The maximum Gasteiger partial charge on any atom is 0.328 e. The Morgan fingerprint density at radius 2 is 2.17 bits per heavy atom. The molecule has 6 nitrogen and oxygen atoms in total. The van der Waals surface area contributed by atoms with Crippen molar-refractivity contribution in [2.24, 2.45) is 0 Å². The van der Waals surface area contributed by atoms with Crippen LogP contribution in [0.3, 0.4) is 0 Å². The van der Waals surface area contributed by atoms with Crippen LogP contribution in [0.5, 0.6) is 0 Å². The summed E-state index contributed by atoms with van der Waals surface area (Å²) in [6.45, 7) is 6.65. The molecule has 0 aromatic carbocycles. The van der Waals surface area contributed by atoms with E-state index in [2.05, 4.69) is 46.7 Å². The van der Waals surface area contributed by atoms with E-state index < -0.39 is 6.04 Å². The number of aromatic nitrogens is 1. The van der Waals surface area contributed by atoms with Crippen LogP contribution in [0.4, 0.5) is 4.79 Å². The first-order valence-electron chi connectivity index (χ1n) is 7.57. The number of rotatable bonds is 8. The summed E-state index contributed by atoms with van der Waals surface area (Å²) in [7, 11) is 1.69. The molecule has 0 spiro atoms. The van der Waals surface area contributed by atoms with Crippen LogP contribution in [0.1, 0.15) is 43.8 Å². The first-order valence-corrected chi connectivity index (χ1v) is 9.98. The lowest BCUT2D eigenvalue weighted by molar-refractivity contribution is -0.145. The van der Waals surface area contributed by atoms with Crippen molar-refractivity contribution in [1.29, 1.82) is 0 Å². The lowest BCUT2D eigenvalue weighted by Gasteiger charge is -2.21. The molecular weight excluding hydrogens is 429 g/mol. The number of carbonyl (C=O) groups is 2. The molecule has 23 heavy (non-hydrogen) atoms. The van der Waals surface area contributed by atoms with Gasteiger partial charge in [-0.1, -0.05) is 36.4 Å². The number of carbonyl (C=O) groups excluding carboxylic acids is 2. The minimum absolute atomic E-state index is 0.299. The van der Waals surface area contributed by atoms with E-state index in [1.165, 1.54) is 4.90 Å². The van der Waals surface area contributed by atoms with Gasteiger partial charge in [-0.2, -0.15) is 0 Å². The summed E-state index contributed by atoms with van der Waals surface area (Å²) in [5.74, 6) is -0.00796. The van der Waals surface area contributed by atoms with Crippen molar-refractivity contribution in [2.75, 3.05) is 18.1 Å². The van der Waals surface area contributed by atoms with Crippen LogP contribution in [0.25, 0.3) is 0 Å². The summed E-state index contributed by atoms with van der Waals surface area (Å²) in [4.78, 5) is 30.2. The van der Waals surface area contributed by atoms with Crippen LogP contribution in [0.2, 0.25) is 0 Å². The van der Waals surface area contributed by atoms with Gasteiger partial charge in [0.1, 0.15) is 6.04 Å². The minimum Gasteiger partial charge on any atom is -0.464 e. The SMILES string of the molecule is CCOC(=O)[C@H](CCI)NC(=O)N(C)Cc1csc(C(C)C)n1. The lowest BCUT2D eigenvalue weighted by Crippen LogP contribution is -2.47. The molecule has 1 atom stereocenters. The van der Waals surface area contributed by atoms with Crippen molar-refractivity contribution in [3.63, 3.8) is 0 Å². The number of hydrogen-bond donors (Lipinski definition) is 1. The van der Waals surface area contributed by atoms with E-state index in [0.29, 0.717) is 25.5 Å². The first kappa shape index (κ1) is 20.1. The molecule has 130 valence electrons. The second kappa shape index (κ2) is 10.1. The molecule has 1 rings (SSSR count). The second-order valence-corrected chi connectivity index (χ2v) is 7.39. The molecule has 1 aromatic heterocycles. The zero-order valence-electron chi connectivity index (χ0n) is 14.0. The molecule has 0 saturated heterocycles. The van der Waals surface area contributed by atoms with Crippen molar-refractivity contribution < 1.29 is 14.3 Å². The van der Waals surface area contributed by atoms with Crippen LogP contribution >= 0.6 is 33.9 Å². The van der Waals surface area contributed by atoms with E-state index in [0.717, 1.165) is 15.1 Å². The highest BCUT2D eigenvalue weighted by molar-refractivity contribution is 14.1. The van der Waals surface area contributed by atoms with Crippen molar-refractivity contribution >= 4 is 45.9 Å². The van der Waals surface area contributed by atoms with Crippen LogP contribution in [0, 0.1) is 0 Å². The molecule has 2 amide bonds. The molecule has 0 fully saturated rings. The molecule has 8 heteroatoms. The highest BCUT2D eigenvalue weighted by atomic mass is 127. The number of nitrogens with one attached hydrogen (secondary N) is 1. The topological polar surface area (TPSA) is 71.5 Å². The third-order valence-corrected chi connectivity index (χ3v) is 4.89. The number of amides is 2. The maximum atomic E-state index is 12.3. The zero-order chi connectivity index (χ0) is 17.4. The number of ether oxygens (including phenoxy) is 1. The largest absolute Gasteiger partial charge is 0.464 e. The van der Waals surface area contributed by atoms with Gasteiger partial charge in [-0.15, -0.1) is 11.3 Å². The van der Waals surface area contributed by atoms with Crippen LogP contribution in [-0.4, -0.2) is 46.0 Å². The Kier molecular flexibility index (Phi) is 8.82. The molecule has 0 bridgehead atoms. The summed E-state index contributed by atoms with van der Waals surface area (Å²) in [6.07, 6.45) is 0.549. The van der Waals surface area contributed by atoms with Gasteiger partial charge in [0, 0.05) is 22.8 Å². The van der Waals surface area contributed by atoms with E-state index in [-0.39, 0.29) is 12.0 Å². The van der Waals surface area contributed by atoms with Crippen LogP contribution in [-0.2, 0) is 16.1 Å². The Balaban J connectivity index is 2.61. The first-order chi connectivity index (χ1) is 10.9. The quantitative estimate of drug-likeness (QED) is 0.373. The fourth-order valence-corrected chi connectivity index (χ4v) is 3.28. The minimum atomic E-state index is -0.608. The highest BCUT2D eigenvalue weighted by Gasteiger charge is 2.23. The Morgan fingerprint density at radius 3 is 2.70 bits per heavy atom. The summed E-state index contributed by atoms with van der Waals surface area (Å²) >= 11 is 3.77. The fraction of sp³-hybridized carbons (Fsp3) is 0.667. The molecular formula is C15H24IN3O3S. The average Bonchev–Trinajstić information content (AvgIpc) is 2.95. The monoisotopic (exact) mass is 453 g/mol. The number of halogens is 1. The standard InChI is InChI=1S/C15H24IN3O3S/c1-5-22-14(20)12(6-7-16)18-15(21)19(4)8-11-9-23-13(17-11)10(2)3/h9-10,12H,5-8H2,1-4H3,(H,18,21)/t12-/m0/s1. The van der Waals surface area contributed by atoms with Gasteiger partial charge in [-0.3, -0.25) is 0 Å². The molecule has 1 N–H and O–H groups in total. The van der Waals surface area contributed by atoms with Crippen LogP contribution in [0.15, 0.2) is 5.38 Å². The van der Waals surface area contributed by atoms with E-state index in [1.54, 1.807) is 25.3 Å². The normalized spacial score (nSPS) is 12.1. The molecule has 0 aliphatic rings. The van der Waals surface area contributed by atoms with Gasteiger partial charge in [-0.05, 0) is 13.3 Å². The average molecular weight is 453 g/mol. The van der Waals surface area contributed by atoms with Crippen molar-refractivity contribution in [1.82, 2.24) is 15.2 Å². The number of thiazole rings is 1. The molecule has 1 heterocycles. The Labute approximate surface area is 155 Å². The fourth-order valence-electron chi connectivity index (χ4n) is 1.84. The van der Waals surface area contributed by atoms with Gasteiger partial charge in [0.05, 0.1) is 23.9 Å². The molecule has 0 unspecified atom stereocenters. The molecule has 0 radical (unpaired) electrons. The molecule has 0 saturated carbocycles. The Hall–Kier alpha value is -0.900. The number of urea groups is 1. The summed E-state index contributed by atoms with van der Waals surface area (Å²) in [5.41, 5.74) is 0.859. The van der Waals surface area contributed by atoms with Gasteiger partial charge in [0.15, 0.2) is 0 Å². The smallest absolute Gasteiger partial charge is 0.328 e. The van der Waals surface area contributed by atoms with Crippen LogP contribution < -0.4 is 5.32 Å². The van der Waals surface area contributed by atoms with Crippen molar-refractivity contribution in [2.45, 2.75) is 45.7 Å². The number of nitrogens with zero attached hydrogens (tertiary/aromatic N) is 2. The van der Waals surface area contributed by atoms with Gasteiger partial charge >= 0.3 is 12.0 Å². The van der Waals surface area contributed by atoms with Gasteiger partial charge < -0.3 is 15.0 Å². The summed E-state index contributed by atoms with van der Waals surface area (Å²) in [5, 5.41) is 5.76. The highest BCUT2D eigenvalue weighted by Crippen LogP contribution is 2.19. The van der Waals surface area contributed by atoms with Gasteiger partial charge in [0.2, 0.25) is 0 Å². The number of esters is 1. The van der Waals surface area contributed by atoms with E-state index in [1.807, 2.05) is 5.38 Å². The van der Waals surface area contributed by atoms with E-state index in [9.17, 15) is 9.59 Å². The third kappa shape index (κ3) is 6.62. The predicted octanol–water partition coefficient (Wildman–Crippen LogP) is 3.16. The number of hydrogen-bond acceptors (Lipinski definition) is 5. The third-order valence-electron chi connectivity index (χ3n) is 3.08. The lowest BCUT2D eigenvalue weighted by atomic mass is 10.2. The maximum absolute atomic E-state index is 12.3. The summed E-state index contributed by atoms with van der Waals surface area (Å²) < 4.78 is 5.76. The molecule has 0 aliphatic carbocycles. The van der Waals surface area contributed by atoms with E-state index >= 15 is 0 Å². The second-order valence-electron chi connectivity index (χ2n) is 5.42.